The van der Waals surface area contributed by atoms with Gasteiger partial charge in [0.15, 0.2) is 23.0 Å². The summed E-state index contributed by atoms with van der Waals surface area (Å²) in [6, 6.07) is 9.46. The molecule has 346 valence electrons. The van der Waals surface area contributed by atoms with Crippen molar-refractivity contribution in [1.82, 2.24) is 9.97 Å². The molecule has 4 aromatic rings. The zero-order valence-electron chi connectivity index (χ0n) is 36.2. The zero-order valence-corrected chi connectivity index (χ0v) is 37.8. The van der Waals surface area contributed by atoms with Gasteiger partial charge in [0.2, 0.25) is 0 Å². The van der Waals surface area contributed by atoms with Crippen LogP contribution in [0.5, 0.6) is 46.0 Å². The first kappa shape index (κ1) is 52.3. The highest BCUT2D eigenvalue weighted by Gasteiger charge is 2.51. The molecule has 0 radical (unpaired) electrons. The number of halogens is 7. The number of methoxy groups -OCH3 is 4. The first-order chi connectivity index (χ1) is 29.6. The standard InChI is InChI=1S/C18H16F3NO5.C15H11BrF3NO5.C9H17BO2/c1-10(2)13-8-15(12(9-22-13)17(23)25-4)26-14-6-5-11(7-16(14)24-3)27-18(19,20)21;1-22-12-5-8(25-15(17,18)19)3-4-10(12)24-11-6-13(16)20-7-9(11)14(21)23-2;1-7(2)10-11-8(3,4)9(5,6)12-10/h5-9H,1H2,2-4H3;3-7H,1-2H3;1H2,2-6H3. The smallest absolute Gasteiger partial charge is 0.493 e. The number of pyridine rings is 2. The second kappa shape index (κ2) is 21.6. The van der Waals surface area contributed by atoms with Gasteiger partial charge in [-0.3, -0.25) is 4.98 Å². The summed E-state index contributed by atoms with van der Waals surface area (Å²) in [6.45, 7) is 19.4. The van der Waals surface area contributed by atoms with Crippen LogP contribution in [0.3, 0.4) is 0 Å². The number of hydrogen-bond acceptors (Lipinski definition) is 14. The lowest BCUT2D eigenvalue weighted by atomic mass is 9.81. The van der Waals surface area contributed by atoms with Gasteiger partial charge in [-0.25, -0.2) is 14.6 Å². The molecule has 0 amide bonds. The molecule has 1 saturated heterocycles. The third-order valence-corrected chi connectivity index (χ3v) is 9.21. The summed E-state index contributed by atoms with van der Waals surface area (Å²) in [5, 5.41) is 0. The Labute approximate surface area is 373 Å². The Kier molecular flexibility index (Phi) is 17.7. The van der Waals surface area contributed by atoms with E-state index in [1.165, 1.54) is 65.1 Å². The minimum absolute atomic E-state index is 0.0227. The van der Waals surface area contributed by atoms with Crippen LogP contribution in [-0.4, -0.2) is 81.4 Å². The van der Waals surface area contributed by atoms with Gasteiger partial charge in [0.1, 0.15) is 38.7 Å². The third-order valence-electron chi connectivity index (χ3n) is 8.78. The Morgan fingerprint density at radius 2 is 1.05 bits per heavy atom. The fourth-order valence-electron chi connectivity index (χ4n) is 4.92. The zero-order chi connectivity index (χ0) is 48.4. The van der Waals surface area contributed by atoms with Crippen LogP contribution in [0.25, 0.3) is 5.57 Å². The molecule has 0 spiro atoms. The number of carbonyl (C=O) groups is 2. The largest absolute Gasteiger partial charge is 0.573 e. The van der Waals surface area contributed by atoms with Gasteiger partial charge in [-0.1, -0.05) is 12.1 Å². The number of alkyl halides is 6. The molecule has 0 bridgehead atoms. The quantitative estimate of drug-likeness (QED) is 0.0573. The van der Waals surface area contributed by atoms with Gasteiger partial charge in [0, 0.05) is 36.7 Å². The van der Waals surface area contributed by atoms with Gasteiger partial charge in [-0.05, 0) is 87.3 Å². The normalized spacial score (nSPS) is 13.7. The summed E-state index contributed by atoms with van der Waals surface area (Å²) in [4.78, 5) is 31.7. The third kappa shape index (κ3) is 14.8. The Bertz CT molecular complexity index is 2310. The summed E-state index contributed by atoms with van der Waals surface area (Å²) in [7, 11) is 4.66. The minimum Gasteiger partial charge on any atom is -0.493 e. The van der Waals surface area contributed by atoms with E-state index in [-0.39, 0.29) is 63.9 Å². The van der Waals surface area contributed by atoms with E-state index in [0.29, 0.717) is 15.9 Å². The van der Waals surface area contributed by atoms with Crippen molar-refractivity contribution in [3.8, 4) is 46.0 Å². The van der Waals surface area contributed by atoms with Gasteiger partial charge in [-0.2, -0.15) is 0 Å². The molecule has 14 nitrogen and oxygen atoms in total. The number of nitrogens with zero attached hydrogens (tertiary/aromatic N) is 2. The van der Waals surface area contributed by atoms with E-state index in [1.54, 1.807) is 6.92 Å². The molecule has 0 saturated carbocycles. The van der Waals surface area contributed by atoms with Crippen molar-refractivity contribution in [2.24, 2.45) is 0 Å². The maximum atomic E-state index is 12.4. The number of rotatable bonds is 12. The second-order valence-corrected chi connectivity index (χ2v) is 15.0. The van der Waals surface area contributed by atoms with Crippen LogP contribution in [0.15, 0.2) is 84.2 Å². The molecule has 1 fully saturated rings. The fraction of sp³-hybridized carbons (Fsp3) is 0.333. The Balaban J connectivity index is 0.000000273. The minimum atomic E-state index is -4.84. The first-order valence-electron chi connectivity index (χ1n) is 18.4. The molecule has 22 heteroatoms. The van der Waals surface area contributed by atoms with Crippen molar-refractivity contribution in [3.63, 3.8) is 0 Å². The Morgan fingerprint density at radius 1 is 0.641 bits per heavy atom. The van der Waals surface area contributed by atoms with E-state index in [0.717, 1.165) is 29.7 Å². The number of aromatic nitrogens is 2. The lowest BCUT2D eigenvalue weighted by Crippen LogP contribution is -2.41. The van der Waals surface area contributed by atoms with Crippen LogP contribution in [-0.2, 0) is 18.8 Å². The molecule has 0 unspecified atom stereocenters. The summed E-state index contributed by atoms with van der Waals surface area (Å²) in [6.07, 6.45) is -7.17. The summed E-state index contributed by atoms with van der Waals surface area (Å²) < 4.78 is 124. The van der Waals surface area contributed by atoms with Gasteiger partial charge >= 0.3 is 31.8 Å². The van der Waals surface area contributed by atoms with Gasteiger partial charge in [0.25, 0.3) is 0 Å². The van der Waals surface area contributed by atoms with Crippen LogP contribution < -0.4 is 28.4 Å². The number of benzene rings is 2. The fourth-order valence-corrected chi connectivity index (χ4v) is 5.23. The molecule has 1 aliphatic rings. The molecule has 0 atom stereocenters. The highest BCUT2D eigenvalue weighted by Crippen LogP contribution is 2.40. The number of allylic oxidation sites excluding steroid dienone is 2. The SMILES string of the molecule is C=C(C)B1OC(C)(C)C(C)(C)O1.C=C(C)c1cc(Oc2ccc(OC(F)(F)F)cc2OC)c(C(=O)OC)cn1.COC(=O)c1cnc(Br)cc1Oc1ccc(OC(F)(F)F)cc1OC. The first-order valence-corrected chi connectivity index (χ1v) is 19.2. The number of carbonyl (C=O) groups excluding carboxylic acids is 2. The Morgan fingerprint density at radius 3 is 1.39 bits per heavy atom. The van der Waals surface area contributed by atoms with Crippen molar-refractivity contribution < 1.29 is 83.1 Å². The van der Waals surface area contributed by atoms with E-state index in [2.05, 4.69) is 58.0 Å². The average Bonchev–Trinajstić information content (AvgIpc) is 3.43. The molecule has 2 aromatic carbocycles. The predicted molar refractivity (Wildman–Crippen MR) is 224 cm³/mol. The van der Waals surface area contributed by atoms with E-state index in [1.807, 2.05) is 34.6 Å². The van der Waals surface area contributed by atoms with Crippen LogP contribution in [0.2, 0.25) is 0 Å². The summed E-state index contributed by atoms with van der Waals surface area (Å²) in [5.74, 6) is -2.08. The molecule has 3 heterocycles. The van der Waals surface area contributed by atoms with Crippen molar-refractivity contribution in [3.05, 3.63) is 101 Å². The summed E-state index contributed by atoms with van der Waals surface area (Å²) >= 11 is 3.14. The topological polar surface area (TPSA) is 152 Å². The van der Waals surface area contributed by atoms with Crippen molar-refractivity contribution in [2.75, 3.05) is 28.4 Å². The average molecular weight is 974 g/mol. The maximum Gasteiger partial charge on any atom is 0.573 e. The van der Waals surface area contributed by atoms with Crippen LogP contribution in [0.1, 0.15) is 68.0 Å². The molecular formula is C42H44BBrF6N2O12. The van der Waals surface area contributed by atoms with E-state index < -0.39 is 36.2 Å². The number of ether oxygens (including phenoxy) is 8. The molecule has 2 aromatic heterocycles. The number of esters is 2. The molecule has 0 aliphatic carbocycles. The van der Waals surface area contributed by atoms with E-state index >= 15 is 0 Å². The summed E-state index contributed by atoms with van der Waals surface area (Å²) in [5.41, 5.74) is 1.59. The monoisotopic (exact) mass is 972 g/mol. The number of hydrogen-bond donors (Lipinski definition) is 0. The lowest BCUT2D eigenvalue weighted by Gasteiger charge is -2.32. The van der Waals surface area contributed by atoms with Gasteiger partial charge < -0.3 is 47.2 Å². The molecule has 5 rings (SSSR count). The highest BCUT2D eigenvalue weighted by atomic mass is 79.9. The van der Waals surface area contributed by atoms with Gasteiger partial charge in [0.05, 0.1) is 45.3 Å². The Hall–Kier alpha value is -6.00. The van der Waals surface area contributed by atoms with Crippen LogP contribution in [0.4, 0.5) is 26.3 Å². The van der Waals surface area contributed by atoms with Crippen molar-refractivity contribution in [1.29, 1.82) is 0 Å². The van der Waals surface area contributed by atoms with Crippen LogP contribution >= 0.6 is 15.9 Å². The highest BCUT2D eigenvalue weighted by molar-refractivity contribution is 9.10. The predicted octanol–water partition coefficient (Wildman–Crippen LogP) is 11.1. The van der Waals surface area contributed by atoms with E-state index in [9.17, 15) is 35.9 Å². The second-order valence-electron chi connectivity index (χ2n) is 14.2. The van der Waals surface area contributed by atoms with E-state index in [4.69, 9.17) is 28.3 Å². The van der Waals surface area contributed by atoms with Crippen molar-refractivity contribution >= 4 is 40.6 Å². The molecular weight excluding hydrogens is 929 g/mol. The van der Waals surface area contributed by atoms with Crippen LogP contribution in [0, 0.1) is 0 Å². The molecule has 0 N–H and O–H groups in total. The van der Waals surface area contributed by atoms with Crippen molar-refractivity contribution in [2.45, 2.75) is 65.5 Å². The molecule has 64 heavy (non-hydrogen) atoms. The maximum absolute atomic E-state index is 12.4. The lowest BCUT2D eigenvalue weighted by molar-refractivity contribution is -0.275. The molecule has 1 aliphatic heterocycles. The van der Waals surface area contributed by atoms with Gasteiger partial charge in [-0.15, -0.1) is 32.9 Å².